The predicted octanol–water partition coefficient (Wildman–Crippen LogP) is 4.48. The molecule has 2 aromatic heterocycles. The first-order chi connectivity index (χ1) is 13.7. The zero-order chi connectivity index (χ0) is 19.1. The van der Waals surface area contributed by atoms with Crippen LogP contribution in [0.15, 0.2) is 66.2 Å². The van der Waals surface area contributed by atoms with Crippen LogP contribution in [0.2, 0.25) is 0 Å². The van der Waals surface area contributed by atoms with Gasteiger partial charge < -0.3 is 11.1 Å². The standard InChI is InChI=1S/C21H18N6O/c22-15-3-1-2-14(10-15)20-21(27-9-8-23-12-19(27)25-20)24-16-5-6-17-13(11-16)4-7-18(17)26-28/h1-3,5-6,8-12,18,24H,4,7,22H2. The van der Waals surface area contributed by atoms with E-state index in [1.165, 1.54) is 0 Å². The number of nitrogen functional groups attached to an aromatic ring is 1. The third-order valence-corrected chi connectivity index (χ3v) is 5.17. The Morgan fingerprint density at radius 2 is 2.14 bits per heavy atom. The fourth-order valence-electron chi connectivity index (χ4n) is 3.83. The Balaban J connectivity index is 1.61. The van der Waals surface area contributed by atoms with Crippen molar-refractivity contribution in [3.8, 4) is 11.3 Å². The molecule has 0 spiro atoms. The van der Waals surface area contributed by atoms with Gasteiger partial charge >= 0.3 is 0 Å². The van der Waals surface area contributed by atoms with E-state index in [9.17, 15) is 4.91 Å². The molecule has 0 saturated carbocycles. The molecule has 1 aliphatic rings. The summed E-state index contributed by atoms with van der Waals surface area (Å²) in [4.78, 5) is 19.9. The van der Waals surface area contributed by atoms with Gasteiger partial charge in [0.15, 0.2) is 5.65 Å². The normalized spacial score (nSPS) is 15.5. The van der Waals surface area contributed by atoms with Crippen molar-refractivity contribution < 1.29 is 0 Å². The molecule has 4 aromatic rings. The van der Waals surface area contributed by atoms with Crippen LogP contribution in [0.4, 0.5) is 17.2 Å². The van der Waals surface area contributed by atoms with E-state index in [0.29, 0.717) is 5.69 Å². The second-order valence-electron chi connectivity index (χ2n) is 6.94. The number of aromatic nitrogens is 3. The maximum Gasteiger partial charge on any atom is 0.157 e. The number of rotatable bonds is 4. The molecule has 7 nitrogen and oxygen atoms in total. The van der Waals surface area contributed by atoms with E-state index in [4.69, 9.17) is 10.7 Å². The third kappa shape index (κ3) is 2.68. The van der Waals surface area contributed by atoms with Gasteiger partial charge in [-0.3, -0.25) is 9.38 Å². The second kappa shape index (κ2) is 6.45. The topological polar surface area (TPSA) is 97.7 Å². The Kier molecular flexibility index (Phi) is 3.79. The number of anilines is 3. The summed E-state index contributed by atoms with van der Waals surface area (Å²) in [6.45, 7) is 0. The van der Waals surface area contributed by atoms with Gasteiger partial charge in [0.05, 0.1) is 6.20 Å². The molecule has 2 heterocycles. The van der Waals surface area contributed by atoms with Gasteiger partial charge in [0.2, 0.25) is 0 Å². The van der Waals surface area contributed by atoms with E-state index in [2.05, 4.69) is 21.5 Å². The number of nitrogens with one attached hydrogen (secondary N) is 1. The highest BCUT2D eigenvalue weighted by molar-refractivity contribution is 5.80. The molecule has 0 amide bonds. The summed E-state index contributed by atoms with van der Waals surface area (Å²) >= 11 is 0. The van der Waals surface area contributed by atoms with Crippen LogP contribution >= 0.6 is 0 Å². The molecule has 138 valence electrons. The van der Waals surface area contributed by atoms with Crippen molar-refractivity contribution in [2.75, 3.05) is 11.1 Å². The molecular formula is C21H18N6O. The van der Waals surface area contributed by atoms with Gasteiger partial charge in [-0.05, 0) is 48.2 Å². The van der Waals surface area contributed by atoms with Crippen LogP contribution in [-0.4, -0.2) is 14.4 Å². The van der Waals surface area contributed by atoms with E-state index in [0.717, 1.165) is 52.4 Å². The van der Waals surface area contributed by atoms with Crippen LogP contribution in [0.5, 0.6) is 0 Å². The SMILES string of the molecule is Nc1cccc(-c2nc3cnccn3c2Nc2ccc3c(c2)CCC3N=O)c1. The van der Waals surface area contributed by atoms with Crippen molar-refractivity contribution in [2.24, 2.45) is 5.18 Å². The molecule has 0 bridgehead atoms. The lowest BCUT2D eigenvalue weighted by Gasteiger charge is -2.11. The average Bonchev–Trinajstić information content (AvgIpc) is 3.29. The van der Waals surface area contributed by atoms with Gasteiger partial charge in [-0.1, -0.05) is 23.4 Å². The summed E-state index contributed by atoms with van der Waals surface area (Å²) in [7, 11) is 0. The van der Waals surface area contributed by atoms with Gasteiger partial charge in [0.25, 0.3) is 0 Å². The number of nitroso groups, excluding NO2 is 1. The van der Waals surface area contributed by atoms with Gasteiger partial charge in [0, 0.05) is 29.3 Å². The molecule has 0 saturated heterocycles. The largest absolute Gasteiger partial charge is 0.399 e. The van der Waals surface area contributed by atoms with E-state index in [1.807, 2.05) is 47.0 Å². The van der Waals surface area contributed by atoms with Gasteiger partial charge in [-0.25, -0.2) is 4.98 Å². The Morgan fingerprint density at radius 3 is 3.00 bits per heavy atom. The lowest BCUT2D eigenvalue weighted by atomic mass is 10.1. The number of imidazole rings is 1. The van der Waals surface area contributed by atoms with E-state index in [1.54, 1.807) is 12.4 Å². The molecule has 1 unspecified atom stereocenters. The number of nitrogens with zero attached hydrogens (tertiary/aromatic N) is 4. The summed E-state index contributed by atoms with van der Waals surface area (Å²) in [5.74, 6) is 0.839. The van der Waals surface area contributed by atoms with Gasteiger partial charge in [-0.2, -0.15) is 4.91 Å². The smallest absolute Gasteiger partial charge is 0.157 e. The number of fused-ring (bicyclic) bond motifs is 2. The monoisotopic (exact) mass is 370 g/mol. The number of hydrogen-bond donors (Lipinski definition) is 2. The Labute approximate surface area is 161 Å². The van der Waals surface area contributed by atoms with Crippen LogP contribution in [-0.2, 0) is 6.42 Å². The van der Waals surface area contributed by atoms with Crippen LogP contribution in [0.25, 0.3) is 16.9 Å². The first-order valence-electron chi connectivity index (χ1n) is 9.13. The lowest BCUT2D eigenvalue weighted by Crippen LogP contribution is -1.98. The molecule has 7 heteroatoms. The minimum atomic E-state index is -0.228. The molecular weight excluding hydrogens is 352 g/mol. The highest BCUT2D eigenvalue weighted by Gasteiger charge is 2.23. The van der Waals surface area contributed by atoms with Crippen LogP contribution in [0, 0.1) is 4.91 Å². The van der Waals surface area contributed by atoms with Crippen molar-refractivity contribution in [3.05, 3.63) is 77.1 Å². The zero-order valence-electron chi connectivity index (χ0n) is 15.0. The molecule has 5 rings (SSSR count). The summed E-state index contributed by atoms with van der Waals surface area (Å²) in [5, 5.41) is 6.73. The average molecular weight is 370 g/mol. The van der Waals surface area contributed by atoms with E-state index < -0.39 is 0 Å². The molecule has 1 aliphatic carbocycles. The molecule has 0 aliphatic heterocycles. The van der Waals surface area contributed by atoms with Gasteiger partial charge in [0.1, 0.15) is 17.6 Å². The highest BCUT2D eigenvalue weighted by atomic mass is 16.3. The lowest BCUT2D eigenvalue weighted by molar-refractivity contribution is 0.710. The minimum absolute atomic E-state index is 0.228. The number of aryl methyl sites for hydroxylation is 1. The summed E-state index contributed by atoms with van der Waals surface area (Å²) < 4.78 is 1.97. The third-order valence-electron chi connectivity index (χ3n) is 5.17. The van der Waals surface area contributed by atoms with Crippen LogP contribution in [0.3, 0.4) is 0 Å². The summed E-state index contributed by atoms with van der Waals surface area (Å²) in [6.07, 6.45) is 6.97. The number of benzene rings is 2. The maximum atomic E-state index is 11.0. The quantitative estimate of drug-likeness (QED) is 0.408. The molecule has 0 radical (unpaired) electrons. The van der Waals surface area contributed by atoms with Gasteiger partial charge in [-0.15, -0.1) is 0 Å². The van der Waals surface area contributed by atoms with Crippen LogP contribution in [0.1, 0.15) is 23.6 Å². The molecule has 1 atom stereocenters. The predicted molar refractivity (Wildman–Crippen MR) is 109 cm³/mol. The van der Waals surface area contributed by atoms with Crippen molar-refractivity contribution in [1.82, 2.24) is 14.4 Å². The number of hydrogen-bond acceptors (Lipinski definition) is 6. The van der Waals surface area contributed by atoms with E-state index >= 15 is 0 Å². The van der Waals surface area contributed by atoms with Crippen molar-refractivity contribution >= 4 is 22.8 Å². The highest BCUT2D eigenvalue weighted by Crippen LogP contribution is 2.37. The molecule has 3 N–H and O–H groups in total. The molecule has 2 aromatic carbocycles. The molecule has 0 fully saturated rings. The fraction of sp³-hybridized carbons (Fsp3) is 0.143. The minimum Gasteiger partial charge on any atom is -0.399 e. The maximum absolute atomic E-state index is 11.0. The fourth-order valence-corrected chi connectivity index (χ4v) is 3.83. The molecule has 28 heavy (non-hydrogen) atoms. The van der Waals surface area contributed by atoms with Crippen molar-refractivity contribution in [3.63, 3.8) is 0 Å². The second-order valence-corrected chi connectivity index (χ2v) is 6.94. The van der Waals surface area contributed by atoms with Crippen molar-refractivity contribution in [2.45, 2.75) is 18.9 Å². The van der Waals surface area contributed by atoms with Crippen LogP contribution < -0.4 is 11.1 Å². The first kappa shape index (κ1) is 16.4. The summed E-state index contributed by atoms with van der Waals surface area (Å²) in [5.41, 5.74) is 12.3. The van der Waals surface area contributed by atoms with Crippen molar-refractivity contribution in [1.29, 1.82) is 0 Å². The zero-order valence-corrected chi connectivity index (χ0v) is 15.0. The Hall–Kier alpha value is -3.74. The Morgan fingerprint density at radius 1 is 1.21 bits per heavy atom. The first-order valence-corrected chi connectivity index (χ1v) is 9.13. The Bertz CT molecular complexity index is 1200. The summed E-state index contributed by atoms with van der Waals surface area (Å²) in [6, 6.07) is 13.5. The number of nitrogens with two attached hydrogens (primary N) is 1. The van der Waals surface area contributed by atoms with E-state index in [-0.39, 0.29) is 6.04 Å².